The minimum atomic E-state index is -2.50. The van der Waals surface area contributed by atoms with Crippen molar-refractivity contribution < 1.29 is 13.9 Å². The first-order valence-electron chi connectivity index (χ1n) is 11.0. The number of nitrogens with zero attached hydrogens (tertiary/aromatic N) is 4. The van der Waals surface area contributed by atoms with Gasteiger partial charge >= 0.3 is 192 Å². The van der Waals surface area contributed by atoms with Crippen molar-refractivity contribution >= 4 is 38.9 Å². The number of nitrogens with two attached hydrogens (primary N) is 1. The summed E-state index contributed by atoms with van der Waals surface area (Å²) in [5.74, 6) is 2.43. The number of hydrogen-bond acceptors (Lipinski definition) is 7. The first-order chi connectivity index (χ1) is 15.1. The van der Waals surface area contributed by atoms with Crippen molar-refractivity contribution in [3.05, 3.63) is 29.6 Å². The molecule has 0 fully saturated rings. The van der Waals surface area contributed by atoms with Gasteiger partial charge in [0, 0.05) is 0 Å². The van der Waals surface area contributed by atoms with Gasteiger partial charge in [-0.3, -0.25) is 0 Å². The Balaban J connectivity index is 1.76. The van der Waals surface area contributed by atoms with Crippen molar-refractivity contribution in [3.8, 4) is 11.5 Å². The van der Waals surface area contributed by atoms with Gasteiger partial charge in [-0.25, -0.2) is 0 Å². The summed E-state index contributed by atoms with van der Waals surface area (Å²) in [4.78, 5) is 19.6. The van der Waals surface area contributed by atoms with Crippen LogP contribution in [0, 0.1) is 6.08 Å². The molecule has 1 aromatic carbocycles. The SMILES string of the molecule is CC(C)NCCCn1c(Cc2cc3c(c[c]2[Sn]([CH3])([CH3])[CH3])OCO3)nc2c(N)nc(F)nc21. The topological polar surface area (TPSA) is 100 Å². The minimum absolute atomic E-state index is 0.0636. The summed E-state index contributed by atoms with van der Waals surface area (Å²) in [6, 6.07) is 4.61. The molecule has 32 heavy (non-hydrogen) atoms. The van der Waals surface area contributed by atoms with E-state index in [4.69, 9.17) is 20.2 Å². The Morgan fingerprint density at radius 1 is 1.16 bits per heavy atom. The molecule has 0 radical (unpaired) electrons. The maximum absolute atomic E-state index is 14.0. The molecular weight excluding hydrogens is 518 g/mol. The molecule has 3 N–H and O–H groups in total. The van der Waals surface area contributed by atoms with E-state index in [9.17, 15) is 4.39 Å². The zero-order valence-corrected chi connectivity index (χ0v) is 22.2. The molecule has 1 aliphatic rings. The third-order valence-corrected chi connectivity index (χ3v) is 11.5. The zero-order valence-electron chi connectivity index (χ0n) is 19.3. The fraction of sp³-hybridized carbons (Fsp3) is 0.500. The van der Waals surface area contributed by atoms with Crippen LogP contribution in [0.2, 0.25) is 14.8 Å². The van der Waals surface area contributed by atoms with E-state index >= 15 is 0 Å². The third-order valence-electron chi connectivity index (χ3n) is 5.54. The fourth-order valence-electron chi connectivity index (χ4n) is 4.04. The van der Waals surface area contributed by atoms with Crippen LogP contribution in [0.15, 0.2) is 12.1 Å². The Kier molecular flexibility index (Phi) is 6.48. The van der Waals surface area contributed by atoms with Crippen molar-refractivity contribution in [3.63, 3.8) is 0 Å². The maximum atomic E-state index is 14.0. The van der Waals surface area contributed by atoms with Gasteiger partial charge in [-0.15, -0.1) is 0 Å². The van der Waals surface area contributed by atoms with E-state index in [1.807, 2.05) is 4.57 Å². The van der Waals surface area contributed by atoms with Crippen molar-refractivity contribution in [1.82, 2.24) is 24.8 Å². The van der Waals surface area contributed by atoms with E-state index in [2.05, 4.69) is 56.1 Å². The van der Waals surface area contributed by atoms with Gasteiger partial charge in [-0.2, -0.15) is 0 Å². The summed E-state index contributed by atoms with van der Waals surface area (Å²) in [5.41, 5.74) is 8.05. The number of aryl methyl sites for hydroxylation is 1. The van der Waals surface area contributed by atoms with Crippen LogP contribution in [0.25, 0.3) is 11.2 Å². The molecule has 3 aromatic rings. The van der Waals surface area contributed by atoms with Gasteiger partial charge in [0.05, 0.1) is 0 Å². The number of ether oxygens (including phenoxy) is 2. The van der Waals surface area contributed by atoms with Gasteiger partial charge in [0.15, 0.2) is 0 Å². The molecule has 0 spiro atoms. The number of benzene rings is 1. The molecule has 0 bridgehead atoms. The Morgan fingerprint density at radius 3 is 2.56 bits per heavy atom. The van der Waals surface area contributed by atoms with Crippen LogP contribution >= 0.6 is 0 Å². The molecule has 0 aliphatic carbocycles. The molecular formula is C22H31FN6O2Sn. The summed E-state index contributed by atoms with van der Waals surface area (Å²) in [7, 11) is 0. The first-order valence-corrected chi connectivity index (χ1v) is 21.0. The van der Waals surface area contributed by atoms with Crippen LogP contribution < -0.4 is 24.1 Å². The molecule has 0 atom stereocenters. The third kappa shape index (κ3) is 4.78. The van der Waals surface area contributed by atoms with E-state index in [1.54, 1.807) is 0 Å². The molecule has 0 saturated carbocycles. The average Bonchev–Trinajstić information content (AvgIpc) is 3.28. The second kappa shape index (κ2) is 9.01. The molecule has 10 heteroatoms. The van der Waals surface area contributed by atoms with Gasteiger partial charge in [-0.1, -0.05) is 0 Å². The summed E-state index contributed by atoms with van der Waals surface area (Å²) >= 11 is -2.50. The standard InChI is InChI=1S/C19H22FN6O2.3CH3.Sn/c1-11(2)22-6-3-7-26-15(23-16-17(21)24-19(20)25-18(16)26)9-12-4-5-13-14(8-12)28-10-27-13;;;;/h5,8,11,22H,3,6-7,9-10H2,1-2H3,(H2,21,24,25);3*1H3;. The summed E-state index contributed by atoms with van der Waals surface area (Å²) in [6.45, 7) is 5.96. The van der Waals surface area contributed by atoms with Crippen LogP contribution in [0.4, 0.5) is 10.2 Å². The number of rotatable bonds is 8. The van der Waals surface area contributed by atoms with Crippen molar-refractivity contribution in [2.24, 2.45) is 0 Å². The zero-order chi connectivity index (χ0) is 23.0. The number of hydrogen-bond donors (Lipinski definition) is 2. The van der Waals surface area contributed by atoms with Crippen molar-refractivity contribution in [1.29, 1.82) is 0 Å². The Bertz CT molecular complexity index is 1140. The van der Waals surface area contributed by atoms with Gasteiger partial charge in [0.1, 0.15) is 0 Å². The fourth-order valence-corrected chi connectivity index (χ4v) is 8.85. The quantitative estimate of drug-likeness (QED) is 0.253. The molecule has 172 valence electrons. The molecule has 0 unspecified atom stereocenters. The number of halogens is 1. The number of aromatic nitrogens is 4. The molecule has 0 amide bonds. The number of imidazole rings is 1. The van der Waals surface area contributed by atoms with Gasteiger partial charge in [0.2, 0.25) is 0 Å². The van der Waals surface area contributed by atoms with E-state index in [-0.39, 0.29) is 12.6 Å². The Hall–Kier alpha value is -2.14. The molecule has 8 nitrogen and oxygen atoms in total. The molecule has 4 rings (SSSR count). The number of anilines is 1. The van der Waals surface area contributed by atoms with Gasteiger partial charge in [-0.05, 0) is 0 Å². The summed E-state index contributed by atoms with van der Waals surface area (Å²) < 4.78 is 28.6. The number of fused-ring (bicyclic) bond motifs is 2. The normalized spacial score (nSPS) is 13.5. The van der Waals surface area contributed by atoms with Crippen LogP contribution in [-0.2, 0) is 13.0 Å². The van der Waals surface area contributed by atoms with Crippen LogP contribution in [0.1, 0.15) is 31.7 Å². The second-order valence-electron chi connectivity index (χ2n) is 9.48. The molecule has 1 aliphatic heterocycles. The second-order valence-corrected chi connectivity index (χ2v) is 23.9. The first kappa shape index (κ1) is 23.0. The predicted octanol–water partition coefficient (Wildman–Crippen LogP) is 2.80. The average molecular weight is 549 g/mol. The predicted molar refractivity (Wildman–Crippen MR) is 126 cm³/mol. The van der Waals surface area contributed by atoms with Gasteiger partial charge in [0.25, 0.3) is 0 Å². The van der Waals surface area contributed by atoms with E-state index in [1.165, 1.54) is 9.14 Å². The van der Waals surface area contributed by atoms with E-state index < -0.39 is 24.5 Å². The number of nitrogens with one attached hydrogen (secondary N) is 1. The van der Waals surface area contributed by atoms with Gasteiger partial charge < -0.3 is 0 Å². The summed E-state index contributed by atoms with van der Waals surface area (Å²) in [6.07, 6.45) is 0.599. The molecule has 0 saturated heterocycles. The van der Waals surface area contributed by atoms with Crippen LogP contribution in [0.3, 0.4) is 0 Å². The Labute approximate surface area is 191 Å². The monoisotopic (exact) mass is 550 g/mol. The van der Waals surface area contributed by atoms with E-state index in [0.29, 0.717) is 30.2 Å². The van der Waals surface area contributed by atoms with Crippen molar-refractivity contribution in [2.75, 3.05) is 19.1 Å². The number of nitrogen functional groups attached to an aromatic ring is 1. The Morgan fingerprint density at radius 2 is 1.88 bits per heavy atom. The van der Waals surface area contributed by atoms with Crippen molar-refractivity contribution in [2.45, 2.75) is 54.1 Å². The molecule has 3 heterocycles. The van der Waals surface area contributed by atoms with Crippen LogP contribution in [0.5, 0.6) is 11.5 Å². The molecule has 2 aromatic heterocycles. The van der Waals surface area contributed by atoms with Crippen LogP contribution in [-0.4, -0.2) is 57.3 Å². The summed E-state index contributed by atoms with van der Waals surface area (Å²) in [5, 5.41) is 3.42. The van der Waals surface area contributed by atoms with E-state index in [0.717, 1.165) is 30.3 Å².